The van der Waals surface area contributed by atoms with Gasteiger partial charge in [-0.2, -0.15) is 0 Å². The van der Waals surface area contributed by atoms with Crippen LogP contribution in [-0.2, 0) is 19.1 Å². The summed E-state index contributed by atoms with van der Waals surface area (Å²) >= 11 is 0. The number of allylic oxidation sites excluding steroid dienone is 1. The van der Waals surface area contributed by atoms with Crippen molar-refractivity contribution in [3.63, 3.8) is 0 Å². The van der Waals surface area contributed by atoms with Crippen molar-refractivity contribution in [2.75, 3.05) is 7.11 Å². The molecule has 0 radical (unpaired) electrons. The molecule has 4 aliphatic rings. The zero-order chi connectivity index (χ0) is 20.3. The molecular weight excluding hydrogens is 352 g/mol. The van der Waals surface area contributed by atoms with Crippen molar-refractivity contribution in [2.45, 2.75) is 85.2 Å². The average Bonchev–Trinajstić information content (AvgIpc) is 2.93. The highest BCUT2D eigenvalue weighted by Gasteiger charge is 2.65. The van der Waals surface area contributed by atoms with E-state index >= 15 is 0 Å². The monoisotopic (exact) mass is 388 g/mol. The number of hydrogen-bond donors (Lipinski definition) is 0. The molecule has 0 spiro atoms. The molecule has 0 aromatic rings. The van der Waals surface area contributed by atoms with Crippen LogP contribution in [-0.4, -0.2) is 25.2 Å². The highest BCUT2D eigenvalue weighted by atomic mass is 16.5. The largest absolute Gasteiger partial charge is 0.469 e. The van der Waals surface area contributed by atoms with E-state index in [1.165, 1.54) is 26.0 Å². The maximum atomic E-state index is 12.7. The van der Waals surface area contributed by atoms with Gasteiger partial charge in [-0.05, 0) is 80.5 Å². The van der Waals surface area contributed by atoms with E-state index in [0.29, 0.717) is 17.8 Å². The maximum absolute atomic E-state index is 12.7. The van der Waals surface area contributed by atoms with Crippen molar-refractivity contribution in [1.82, 2.24) is 0 Å². The lowest BCUT2D eigenvalue weighted by Gasteiger charge is -2.59. The number of hydrogen-bond acceptors (Lipinski definition) is 4. The van der Waals surface area contributed by atoms with Crippen LogP contribution in [0, 0.1) is 34.0 Å². The van der Waals surface area contributed by atoms with Crippen molar-refractivity contribution < 1.29 is 19.1 Å². The number of methoxy groups -OCH3 is 1. The van der Waals surface area contributed by atoms with Gasteiger partial charge in [-0.25, -0.2) is 0 Å². The predicted molar refractivity (Wildman–Crippen MR) is 107 cm³/mol. The standard InChI is InChI=1S/C24H36O4/c1-15(25)28-17-8-11-22(2)16(14-17)6-7-18-19(22)9-12-23(3)20(18)10-13-24(23,4)21(26)27-5/h6,17-20H,7-14H2,1-5H3/t17-,18+,19-,20-,22-,23-,24+/m0/s1. The molecule has 4 rings (SSSR count). The first-order valence-corrected chi connectivity index (χ1v) is 11.1. The Hall–Kier alpha value is -1.32. The van der Waals surface area contributed by atoms with Gasteiger partial charge in [0, 0.05) is 13.3 Å². The van der Waals surface area contributed by atoms with Crippen molar-refractivity contribution in [3.8, 4) is 0 Å². The zero-order valence-corrected chi connectivity index (χ0v) is 18.2. The van der Waals surface area contributed by atoms with E-state index in [-0.39, 0.29) is 34.3 Å². The summed E-state index contributed by atoms with van der Waals surface area (Å²) in [4.78, 5) is 24.1. The third-order valence-corrected chi connectivity index (χ3v) is 9.63. The molecule has 0 aliphatic heterocycles. The van der Waals surface area contributed by atoms with Crippen LogP contribution < -0.4 is 0 Å². The van der Waals surface area contributed by atoms with Gasteiger partial charge in [-0.3, -0.25) is 9.59 Å². The van der Waals surface area contributed by atoms with E-state index in [4.69, 9.17) is 9.47 Å². The van der Waals surface area contributed by atoms with Gasteiger partial charge in [-0.1, -0.05) is 25.5 Å². The van der Waals surface area contributed by atoms with Gasteiger partial charge in [0.05, 0.1) is 12.5 Å². The second kappa shape index (κ2) is 6.60. The molecule has 4 heteroatoms. The van der Waals surface area contributed by atoms with E-state index in [1.54, 1.807) is 0 Å². The Labute approximate surface area is 169 Å². The molecule has 0 unspecified atom stereocenters. The van der Waals surface area contributed by atoms with Crippen LogP contribution >= 0.6 is 0 Å². The Kier molecular flexibility index (Phi) is 4.71. The Morgan fingerprint density at radius 2 is 1.75 bits per heavy atom. The Bertz CT molecular complexity index is 711. The van der Waals surface area contributed by atoms with Crippen LogP contribution in [0.3, 0.4) is 0 Å². The summed E-state index contributed by atoms with van der Waals surface area (Å²) in [6.07, 6.45) is 11.0. The quantitative estimate of drug-likeness (QED) is 0.490. The van der Waals surface area contributed by atoms with Crippen LogP contribution in [0.25, 0.3) is 0 Å². The van der Waals surface area contributed by atoms with E-state index in [1.807, 2.05) is 0 Å². The fourth-order valence-electron chi connectivity index (χ4n) is 7.79. The molecular formula is C24H36O4. The Morgan fingerprint density at radius 3 is 2.43 bits per heavy atom. The van der Waals surface area contributed by atoms with Gasteiger partial charge in [0.2, 0.25) is 0 Å². The summed E-state index contributed by atoms with van der Waals surface area (Å²) in [6, 6.07) is 0. The van der Waals surface area contributed by atoms with Gasteiger partial charge in [0.25, 0.3) is 0 Å². The topological polar surface area (TPSA) is 52.6 Å². The first kappa shape index (κ1) is 20.0. The minimum atomic E-state index is -0.352. The van der Waals surface area contributed by atoms with Crippen LogP contribution in [0.4, 0.5) is 0 Å². The zero-order valence-electron chi connectivity index (χ0n) is 18.2. The van der Waals surface area contributed by atoms with Crippen LogP contribution in [0.5, 0.6) is 0 Å². The molecule has 0 amide bonds. The lowest BCUT2D eigenvalue weighted by atomic mass is 9.46. The third kappa shape index (κ3) is 2.62. The van der Waals surface area contributed by atoms with Gasteiger partial charge in [-0.15, -0.1) is 0 Å². The summed E-state index contributed by atoms with van der Waals surface area (Å²) in [5.41, 5.74) is 1.43. The number of carbonyl (C=O) groups is 2. The molecule has 28 heavy (non-hydrogen) atoms. The summed E-state index contributed by atoms with van der Waals surface area (Å²) in [5.74, 6) is 1.75. The van der Waals surface area contributed by atoms with E-state index in [2.05, 4.69) is 26.8 Å². The van der Waals surface area contributed by atoms with E-state index in [0.717, 1.165) is 44.9 Å². The normalized spacial score (nSPS) is 47.2. The number of esters is 2. The fraction of sp³-hybridized carbons (Fsp3) is 0.833. The molecule has 0 heterocycles. The van der Waals surface area contributed by atoms with Gasteiger partial charge in [0.15, 0.2) is 0 Å². The molecule has 0 saturated heterocycles. The molecule has 156 valence electrons. The molecule has 0 bridgehead atoms. The fourth-order valence-corrected chi connectivity index (χ4v) is 7.79. The highest BCUT2D eigenvalue weighted by molar-refractivity contribution is 5.78. The lowest BCUT2D eigenvalue weighted by Crippen LogP contribution is -2.53. The first-order chi connectivity index (χ1) is 13.2. The van der Waals surface area contributed by atoms with Crippen molar-refractivity contribution in [1.29, 1.82) is 0 Å². The SMILES string of the molecule is COC(=O)[C@@]1(C)CC[C@H]2[C@@H]3CC=C4C[C@@H](OC(C)=O)CC[C@]4(C)[C@H]3CC[C@@]21C. The number of rotatable bonds is 2. The predicted octanol–water partition coefficient (Wildman–Crippen LogP) is 5.06. The molecule has 0 N–H and O–H groups in total. The Morgan fingerprint density at radius 1 is 1.04 bits per heavy atom. The summed E-state index contributed by atoms with van der Waals surface area (Å²) in [7, 11) is 1.54. The molecule has 0 aromatic heterocycles. The van der Waals surface area contributed by atoms with Crippen molar-refractivity contribution in [3.05, 3.63) is 11.6 Å². The lowest BCUT2D eigenvalue weighted by molar-refractivity contribution is -0.165. The Balaban J connectivity index is 1.60. The molecule has 0 aromatic carbocycles. The number of ether oxygens (including phenoxy) is 2. The van der Waals surface area contributed by atoms with E-state index in [9.17, 15) is 9.59 Å². The maximum Gasteiger partial charge on any atom is 0.312 e. The second-order valence-corrected chi connectivity index (χ2v) is 10.6. The van der Waals surface area contributed by atoms with E-state index < -0.39 is 0 Å². The average molecular weight is 389 g/mol. The first-order valence-electron chi connectivity index (χ1n) is 11.1. The van der Waals surface area contributed by atoms with Gasteiger partial charge >= 0.3 is 11.9 Å². The molecule has 4 nitrogen and oxygen atoms in total. The van der Waals surface area contributed by atoms with Crippen molar-refractivity contribution >= 4 is 11.9 Å². The van der Waals surface area contributed by atoms with Gasteiger partial charge < -0.3 is 9.47 Å². The third-order valence-electron chi connectivity index (χ3n) is 9.63. The molecule has 3 saturated carbocycles. The minimum absolute atomic E-state index is 0.0175. The highest BCUT2D eigenvalue weighted by Crippen LogP contribution is 2.69. The number of carbonyl (C=O) groups excluding carboxylic acids is 2. The van der Waals surface area contributed by atoms with Crippen molar-refractivity contribution in [2.24, 2.45) is 34.0 Å². The summed E-state index contributed by atoms with van der Waals surface area (Å²) in [6.45, 7) is 8.47. The second-order valence-electron chi connectivity index (χ2n) is 10.6. The van der Waals surface area contributed by atoms with Crippen LogP contribution in [0.2, 0.25) is 0 Å². The molecule has 7 atom stereocenters. The van der Waals surface area contributed by atoms with Crippen LogP contribution in [0.1, 0.15) is 79.1 Å². The summed E-state index contributed by atoms with van der Waals surface area (Å²) < 4.78 is 10.8. The van der Waals surface area contributed by atoms with Gasteiger partial charge in [0.1, 0.15) is 6.10 Å². The molecule has 4 aliphatic carbocycles. The number of fused-ring (bicyclic) bond motifs is 5. The minimum Gasteiger partial charge on any atom is -0.469 e. The van der Waals surface area contributed by atoms with Crippen LogP contribution in [0.15, 0.2) is 11.6 Å². The molecule has 3 fully saturated rings. The summed E-state index contributed by atoms with van der Waals surface area (Å²) in [5, 5.41) is 0. The smallest absolute Gasteiger partial charge is 0.312 e.